The first-order chi connectivity index (χ1) is 31.4. The van der Waals surface area contributed by atoms with E-state index in [1.54, 1.807) is 48.6 Å². The van der Waals surface area contributed by atoms with E-state index >= 15 is 0 Å². The van der Waals surface area contributed by atoms with Crippen LogP contribution in [-0.4, -0.2) is 64.8 Å². The van der Waals surface area contributed by atoms with Crippen molar-refractivity contribution in [1.82, 2.24) is 0 Å². The molecule has 0 aliphatic carbocycles. The lowest BCUT2D eigenvalue weighted by Crippen LogP contribution is -2.19. The SMILES string of the molecule is CC(C)(c1cc(Br)c(O)c(Br)c1)c1cc(Br)c(O)c(Br)c1.CC(C)(c1ccc(O)cc1)c1ccc(O)cc1.O=C(/C=C/c1ccc(OCC2CO2)cc1)/C=C/c1ccc(OCC2CO2)cc1. The Bertz CT molecular complexity index is 2410. The van der Waals surface area contributed by atoms with Crippen LogP contribution >= 0.6 is 63.7 Å². The fourth-order valence-electron chi connectivity index (χ4n) is 6.41. The van der Waals surface area contributed by atoms with E-state index in [-0.39, 0.29) is 51.8 Å². The number of phenols is 4. The van der Waals surface area contributed by atoms with Gasteiger partial charge in [-0.1, -0.05) is 88.4 Å². The molecular formula is C53H50Br4O9. The van der Waals surface area contributed by atoms with Crippen molar-refractivity contribution >= 4 is 81.7 Å². The molecule has 0 aromatic heterocycles. The highest BCUT2D eigenvalue weighted by Crippen LogP contribution is 2.43. The lowest BCUT2D eigenvalue weighted by molar-refractivity contribution is -0.110. The van der Waals surface area contributed by atoms with Crippen molar-refractivity contribution in [2.24, 2.45) is 0 Å². The molecule has 8 rings (SSSR count). The van der Waals surface area contributed by atoms with Crippen molar-refractivity contribution in [3.05, 3.63) is 185 Å². The number of hydrogen-bond donors (Lipinski definition) is 4. The Labute approximate surface area is 419 Å². The number of benzene rings is 6. The Morgan fingerprint density at radius 1 is 0.530 bits per heavy atom. The molecule has 4 N–H and O–H groups in total. The molecule has 6 aromatic carbocycles. The summed E-state index contributed by atoms with van der Waals surface area (Å²) in [6, 6.07) is 37.3. The third kappa shape index (κ3) is 14.6. The summed E-state index contributed by atoms with van der Waals surface area (Å²) in [6.07, 6.45) is 7.17. The van der Waals surface area contributed by atoms with E-state index in [1.807, 2.05) is 97.1 Å². The number of ketones is 1. The molecule has 66 heavy (non-hydrogen) atoms. The summed E-state index contributed by atoms with van der Waals surface area (Å²) < 4.78 is 24.0. The summed E-state index contributed by atoms with van der Waals surface area (Å²) in [5.41, 5.74) is 5.74. The number of ether oxygens (including phenoxy) is 4. The number of aromatic hydroxyl groups is 4. The number of phenolic OH excluding ortho intramolecular Hbond substituents is 4. The normalized spacial score (nSPS) is 15.3. The van der Waals surface area contributed by atoms with E-state index in [0.717, 1.165) is 58.1 Å². The molecule has 0 saturated carbocycles. The van der Waals surface area contributed by atoms with Crippen LogP contribution < -0.4 is 9.47 Å². The highest BCUT2D eigenvalue weighted by atomic mass is 79.9. The zero-order valence-corrected chi connectivity index (χ0v) is 43.0. The monoisotopic (exact) mass is 1150 g/mol. The van der Waals surface area contributed by atoms with Crippen molar-refractivity contribution in [3.8, 4) is 34.5 Å². The Kier molecular flexibility index (Phi) is 17.4. The second-order valence-corrected chi connectivity index (χ2v) is 20.1. The zero-order chi connectivity index (χ0) is 47.6. The molecule has 9 nitrogen and oxygen atoms in total. The fraction of sp³-hybridized carbons (Fsp3) is 0.226. The Hall–Kier alpha value is -4.89. The van der Waals surface area contributed by atoms with E-state index < -0.39 is 0 Å². The number of allylic oxidation sites excluding steroid dienone is 2. The maximum atomic E-state index is 12.0. The second-order valence-electron chi connectivity index (χ2n) is 16.7. The third-order valence-electron chi connectivity index (χ3n) is 11.0. The number of hydrogen-bond acceptors (Lipinski definition) is 9. The minimum absolute atomic E-state index is 0.0718. The van der Waals surface area contributed by atoms with Gasteiger partial charge in [0.05, 0.1) is 31.1 Å². The molecule has 2 heterocycles. The predicted octanol–water partition coefficient (Wildman–Crippen LogP) is 13.4. The Balaban J connectivity index is 0.000000170. The highest BCUT2D eigenvalue weighted by molar-refractivity contribution is 9.11. The fourth-order valence-corrected chi connectivity index (χ4v) is 8.78. The number of halogens is 4. The van der Waals surface area contributed by atoms with Gasteiger partial charge in [-0.05, 0) is 182 Å². The minimum atomic E-state index is -0.308. The first kappa shape index (κ1) is 50.5. The standard InChI is InChI=1S/C23H22O5.C15H12Br4O2.C15H16O2/c24-19(7-1-17-3-9-20(10-4-17)25-13-22-15-27-22)8-2-18-5-11-21(12-6-18)26-14-23-16-28-23;1-15(2,7-3-9(16)13(20)10(17)4-7)8-5-11(18)14(21)12(19)6-8;1-15(2,11-3-7-13(16)8-4-11)12-5-9-14(17)10-6-12/h1-12,22-23H,13-16H2;3-6,20-21H,1-2H3;3-10,16-17H,1-2H3/b7-1+,8-2+;;. The van der Waals surface area contributed by atoms with E-state index in [1.165, 1.54) is 0 Å². The van der Waals surface area contributed by atoms with Gasteiger partial charge in [0.15, 0.2) is 5.78 Å². The molecule has 6 aromatic rings. The summed E-state index contributed by atoms with van der Waals surface area (Å²) in [5, 5.41) is 38.3. The van der Waals surface area contributed by atoms with Crippen LogP contribution in [0, 0.1) is 0 Å². The largest absolute Gasteiger partial charge is 0.508 e. The van der Waals surface area contributed by atoms with Gasteiger partial charge in [0.1, 0.15) is 59.9 Å². The average molecular weight is 1150 g/mol. The van der Waals surface area contributed by atoms with E-state index in [2.05, 4.69) is 91.4 Å². The molecular weight excluding hydrogens is 1100 g/mol. The topological polar surface area (TPSA) is 142 Å². The molecule has 2 aliphatic rings. The van der Waals surface area contributed by atoms with Crippen LogP contribution in [0.1, 0.15) is 61.1 Å². The summed E-state index contributed by atoms with van der Waals surface area (Å²) in [5.74, 6) is 2.44. The Morgan fingerprint density at radius 3 is 1.14 bits per heavy atom. The lowest BCUT2D eigenvalue weighted by Gasteiger charge is -2.27. The van der Waals surface area contributed by atoms with Crippen molar-refractivity contribution in [1.29, 1.82) is 0 Å². The number of carbonyl (C=O) groups is 1. The lowest BCUT2D eigenvalue weighted by atomic mass is 9.78. The maximum absolute atomic E-state index is 12.0. The molecule has 0 amide bonds. The zero-order valence-electron chi connectivity index (χ0n) is 36.7. The van der Waals surface area contributed by atoms with E-state index in [4.69, 9.17) is 18.9 Å². The van der Waals surface area contributed by atoms with Crippen molar-refractivity contribution in [2.75, 3.05) is 26.4 Å². The first-order valence-corrected chi connectivity index (χ1v) is 24.1. The Morgan fingerprint density at radius 2 is 0.833 bits per heavy atom. The number of rotatable bonds is 14. The van der Waals surface area contributed by atoms with Crippen LogP contribution in [-0.2, 0) is 25.1 Å². The number of carbonyl (C=O) groups excluding carboxylic acids is 1. The van der Waals surface area contributed by atoms with Crippen molar-refractivity contribution in [3.63, 3.8) is 0 Å². The van der Waals surface area contributed by atoms with Gasteiger partial charge in [0.25, 0.3) is 0 Å². The molecule has 2 saturated heterocycles. The molecule has 13 heteroatoms. The molecule has 0 spiro atoms. The van der Waals surface area contributed by atoms with Crippen LogP contribution in [0.3, 0.4) is 0 Å². The van der Waals surface area contributed by atoms with Gasteiger partial charge in [-0.3, -0.25) is 4.79 Å². The number of epoxide rings is 2. The van der Waals surface area contributed by atoms with Gasteiger partial charge < -0.3 is 39.4 Å². The molecule has 0 bridgehead atoms. The molecule has 0 radical (unpaired) electrons. The molecule has 2 fully saturated rings. The van der Waals surface area contributed by atoms with Gasteiger partial charge in [0, 0.05) is 10.8 Å². The van der Waals surface area contributed by atoms with Gasteiger partial charge in [-0.25, -0.2) is 0 Å². The van der Waals surface area contributed by atoms with Crippen molar-refractivity contribution in [2.45, 2.75) is 50.7 Å². The van der Waals surface area contributed by atoms with Gasteiger partial charge >= 0.3 is 0 Å². The summed E-state index contributed by atoms with van der Waals surface area (Å²) in [7, 11) is 0. The summed E-state index contributed by atoms with van der Waals surface area (Å²) in [4.78, 5) is 12.0. The second kappa shape index (κ2) is 22.7. The van der Waals surface area contributed by atoms with Crippen LogP contribution in [0.15, 0.2) is 151 Å². The van der Waals surface area contributed by atoms with E-state index in [0.29, 0.717) is 31.1 Å². The molecule has 344 valence electrons. The molecule has 2 unspecified atom stereocenters. The van der Waals surface area contributed by atoms with Gasteiger partial charge in [0.2, 0.25) is 0 Å². The third-order valence-corrected chi connectivity index (χ3v) is 13.4. The van der Waals surface area contributed by atoms with Crippen LogP contribution in [0.5, 0.6) is 34.5 Å². The van der Waals surface area contributed by atoms with Crippen molar-refractivity contribution < 1.29 is 44.2 Å². The quantitative estimate of drug-likeness (QED) is 0.0619. The molecule has 2 aliphatic heterocycles. The smallest absolute Gasteiger partial charge is 0.178 e. The maximum Gasteiger partial charge on any atom is 0.178 e. The van der Waals surface area contributed by atoms with Crippen LogP contribution in [0.25, 0.3) is 12.2 Å². The highest BCUT2D eigenvalue weighted by Gasteiger charge is 2.27. The van der Waals surface area contributed by atoms with Crippen LogP contribution in [0.2, 0.25) is 0 Å². The average Bonchev–Trinajstić information content (AvgIpc) is 4.25. The minimum Gasteiger partial charge on any atom is -0.508 e. The van der Waals surface area contributed by atoms with E-state index in [9.17, 15) is 25.2 Å². The van der Waals surface area contributed by atoms with Gasteiger partial charge in [-0.15, -0.1) is 0 Å². The predicted molar refractivity (Wildman–Crippen MR) is 274 cm³/mol. The first-order valence-electron chi connectivity index (χ1n) is 20.9. The molecule has 2 atom stereocenters. The summed E-state index contributed by atoms with van der Waals surface area (Å²) in [6.45, 7) is 11.1. The van der Waals surface area contributed by atoms with Crippen LogP contribution in [0.4, 0.5) is 0 Å². The van der Waals surface area contributed by atoms with Gasteiger partial charge in [-0.2, -0.15) is 0 Å². The summed E-state index contributed by atoms with van der Waals surface area (Å²) >= 11 is 13.5.